The Morgan fingerprint density at radius 3 is 2.77 bits per heavy atom. The molecule has 0 unspecified atom stereocenters. The molecule has 140 valence electrons. The summed E-state index contributed by atoms with van der Waals surface area (Å²) >= 11 is 0. The molecular formula is C17H25N7O2. The molecule has 2 N–H and O–H groups in total. The van der Waals surface area contributed by atoms with E-state index in [1.165, 1.54) is 20.0 Å². The number of hydrogen-bond acceptors (Lipinski definition) is 7. The van der Waals surface area contributed by atoms with E-state index in [9.17, 15) is 4.79 Å². The molecule has 0 aromatic carbocycles. The zero-order valence-corrected chi connectivity index (χ0v) is 15.4. The molecule has 1 aliphatic heterocycles. The van der Waals surface area contributed by atoms with Crippen molar-refractivity contribution in [3.8, 4) is 5.88 Å². The maximum Gasteiger partial charge on any atom is 0.258 e. The third-order valence-corrected chi connectivity index (χ3v) is 4.20. The van der Waals surface area contributed by atoms with Crippen LogP contribution in [-0.2, 0) is 7.05 Å². The Morgan fingerprint density at radius 2 is 2.04 bits per heavy atom. The number of nitrogens with one attached hydrogen (secondary N) is 2. The van der Waals surface area contributed by atoms with Gasteiger partial charge in [-0.3, -0.25) is 9.48 Å². The van der Waals surface area contributed by atoms with Crippen molar-refractivity contribution in [3.63, 3.8) is 0 Å². The second kappa shape index (κ2) is 8.03. The lowest BCUT2D eigenvalue weighted by Gasteiger charge is -2.17. The number of carbonyl (C=O) groups excluding carboxylic acids is 1. The number of aromatic nitrogens is 4. The molecule has 0 bridgehead atoms. The van der Waals surface area contributed by atoms with Gasteiger partial charge in [0.2, 0.25) is 11.8 Å². The third-order valence-electron chi connectivity index (χ3n) is 4.20. The van der Waals surface area contributed by atoms with Gasteiger partial charge >= 0.3 is 0 Å². The van der Waals surface area contributed by atoms with Gasteiger partial charge in [0.05, 0.1) is 7.11 Å². The van der Waals surface area contributed by atoms with Crippen molar-refractivity contribution in [2.24, 2.45) is 7.05 Å². The second-order valence-corrected chi connectivity index (χ2v) is 6.29. The zero-order valence-electron chi connectivity index (χ0n) is 15.4. The van der Waals surface area contributed by atoms with Crippen molar-refractivity contribution in [1.82, 2.24) is 25.1 Å². The molecule has 0 radical (unpaired) electrons. The number of carbonyl (C=O) groups is 1. The van der Waals surface area contributed by atoms with E-state index in [0.29, 0.717) is 30.5 Å². The molecule has 0 aliphatic carbocycles. The Balaban J connectivity index is 1.52. The number of amides is 1. The molecule has 3 rings (SSSR count). The van der Waals surface area contributed by atoms with E-state index in [2.05, 4.69) is 30.6 Å². The first-order valence-electron chi connectivity index (χ1n) is 8.77. The van der Waals surface area contributed by atoms with Crippen molar-refractivity contribution in [3.05, 3.63) is 23.5 Å². The van der Waals surface area contributed by atoms with Gasteiger partial charge in [-0.2, -0.15) is 4.98 Å². The molecule has 2 aromatic heterocycles. The lowest BCUT2D eigenvalue weighted by molar-refractivity contribution is 0.0952. The van der Waals surface area contributed by atoms with Crippen LogP contribution in [0, 0.1) is 6.92 Å². The second-order valence-electron chi connectivity index (χ2n) is 6.29. The van der Waals surface area contributed by atoms with Gasteiger partial charge in [0.25, 0.3) is 5.91 Å². The summed E-state index contributed by atoms with van der Waals surface area (Å²) in [4.78, 5) is 23.5. The standard InChI is InChI=1S/C17H25N7O2/c1-12-10-14(24-8-4-5-9-24)21-17(20-12)19-7-6-18-15(25)13-11-23(2)22-16(13)26-3/h10-11H,4-9H2,1-3H3,(H,18,25)(H,19,20,21). The van der Waals surface area contributed by atoms with E-state index in [1.54, 1.807) is 17.9 Å². The molecule has 3 heterocycles. The number of rotatable bonds is 7. The lowest BCUT2D eigenvalue weighted by atomic mass is 10.3. The van der Waals surface area contributed by atoms with Gasteiger partial charge in [-0.25, -0.2) is 4.98 Å². The van der Waals surface area contributed by atoms with Crippen molar-refractivity contribution in [1.29, 1.82) is 0 Å². The number of aryl methyl sites for hydroxylation is 2. The Bertz CT molecular complexity index is 768. The van der Waals surface area contributed by atoms with Crippen LogP contribution in [0.25, 0.3) is 0 Å². The first-order valence-corrected chi connectivity index (χ1v) is 8.77. The van der Waals surface area contributed by atoms with Gasteiger partial charge in [-0.05, 0) is 19.8 Å². The molecule has 9 heteroatoms. The Kier molecular flexibility index (Phi) is 5.55. The fraction of sp³-hybridized carbons (Fsp3) is 0.529. The molecule has 0 saturated carbocycles. The van der Waals surface area contributed by atoms with E-state index < -0.39 is 0 Å². The van der Waals surface area contributed by atoms with Crippen LogP contribution in [0.15, 0.2) is 12.3 Å². The average molecular weight is 359 g/mol. The normalized spacial score (nSPS) is 13.7. The Labute approximate surface area is 152 Å². The van der Waals surface area contributed by atoms with Crippen LogP contribution < -0.4 is 20.3 Å². The molecule has 0 atom stereocenters. The largest absolute Gasteiger partial charge is 0.479 e. The molecule has 1 saturated heterocycles. The summed E-state index contributed by atoms with van der Waals surface area (Å²) in [7, 11) is 3.24. The van der Waals surface area contributed by atoms with E-state index >= 15 is 0 Å². The maximum absolute atomic E-state index is 12.2. The van der Waals surface area contributed by atoms with Crippen LogP contribution in [0.1, 0.15) is 28.9 Å². The van der Waals surface area contributed by atoms with E-state index in [4.69, 9.17) is 4.74 Å². The number of ether oxygens (including phenoxy) is 1. The maximum atomic E-state index is 12.2. The van der Waals surface area contributed by atoms with Crippen LogP contribution in [0.5, 0.6) is 5.88 Å². The highest BCUT2D eigenvalue weighted by molar-refractivity contribution is 5.96. The first-order chi connectivity index (χ1) is 12.6. The summed E-state index contributed by atoms with van der Waals surface area (Å²) < 4.78 is 6.65. The predicted molar refractivity (Wildman–Crippen MR) is 98.8 cm³/mol. The van der Waals surface area contributed by atoms with Gasteiger partial charge in [-0.1, -0.05) is 0 Å². The molecule has 1 fully saturated rings. The predicted octanol–water partition coefficient (Wildman–Crippen LogP) is 0.969. The SMILES string of the molecule is COc1nn(C)cc1C(=O)NCCNc1nc(C)cc(N2CCCC2)n1. The quantitative estimate of drug-likeness (QED) is 0.711. The number of nitrogens with zero attached hydrogens (tertiary/aromatic N) is 5. The smallest absolute Gasteiger partial charge is 0.258 e. The van der Waals surface area contributed by atoms with Crippen LogP contribution in [0.3, 0.4) is 0 Å². The van der Waals surface area contributed by atoms with Crippen LogP contribution in [-0.4, -0.2) is 58.9 Å². The molecule has 26 heavy (non-hydrogen) atoms. The summed E-state index contributed by atoms with van der Waals surface area (Å²) in [6.07, 6.45) is 4.04. The topological polar surface area (TPSA) is 97.2 Å². The number of hydrogen-bond donors (Lipinski definition) is 2. The molecule has 1 aliphatic rings. The van der Waals surface area contributed by atoms with Crippen LogP contribution in [0.2, 0.25) is 0 Å². The monoisotopic (exact) mass is 359 g/mol. The van der Waals surface area contributed by atoms with Crippen molar-refractivity contribution < 1.29 is 9.53 Å². The molecular weight excluding hydrogens is 334 g/mol. The number of methoxy groups -OCH3 is 1. The third kappa shape index (κ3) is 4.22. The highest BCUT2D eigenvalue weighted by Crippen LogP contribution is 2.19. The summed E-state index contributed by atoms with van der Waals surface area (Å²) in [6, 6.07) is 2.01. The van der Waals surface area contributed by atoms with E-state index in [1.807, 2.05) is 13.0 Å². The lowest BCUT2D eigenvalue weighted by Crippen LogP contribution is -2.29. The first kappa shape index (κ1) is 18.0. The number of anilines is 2. The summed E-state index contributed by atoms with van der Waals surface area (Å²) in [6.45, 7) is 5.01. The zero-order chi connectivity index (χ0) is 18.5. The van der Waals surface area contributed by atoms with E-state index in [-0.39, 0.29) is 5.91 Å². The summed E-state index contributed by atoms with van der Waals surface area (Å²) in [5, 5.41) is 10.1. The van der Waals surface area contributed by atoms with Gasteiger partial charge in [0.15, 0.2) is 0 Å². The van der Waals surface area contributed by atoms with Crippen molar-refractivity contribution in [2.75, 3.05) is 43.5 Å². The fourth-order valence-electron chi connectivity index (χ4n) is 2.96. The van der Waals surface area contributed by atoms with Crippen molar-refractivity contribution >= 4 is 17.7 Å². The summed E-state index contributed by atoms with van der Waals surface area (Å²) in [5.74, 6) is 1.64. The molecule has 2 aromatic rings. The van der Waals surface area contributed by atoms with Crippen LogP contribution in [0.4, 0.5) is 11.8 Å². The fourth-order valence-corrected chi connectivity index (χ4v) is 2.96. The van der Waals surface area contributed by atoms with Gasteiger partial charge in [0.1, 0.15) is 11.4 Å². The minimum absolute atomic E-state index is 0.223. The van der Waals surface area contributed by atoms with Gasteiger partial charge < -0.3 is 20.3 Å². The molecule has 0 spiro atoms. The molecule has 9 nitrogen and oxygen atoms in total. The highest BCUT2D eigenvalue weighted by Gasteiger charge is 2.16. The minimum Gasteiger partial charge on any atom is -0.479 e. The Hall–Kier alpha value is -2.84. The van der Waals surface area contributed by atoms with Crippen LogP contribution >= 0.6 is 0 Å². The molecule has 1 amide bonds. The van der Waals surface area contributed by atoms with Gasteiger partial charge in [0, 0.05) is 51.2 Å². The van der Waals surface area contributed by atoms with E-state index in [0.717, 1.165) is 24.6 Å². The summed E-state index contributed by atoms with van der Waals surface area (Å²) in [5.41, 5.74) is 1.34. The highest BCUT2D eigenvalue weighted by atomic mass is 16.5. The Morgan fingerprint density at radius 1 is 1.27 bits per heavy atom. The average Bonchev–Trinajstić information content (AvgIpc) is 3.27. The van der Waals surface area contributed by atoms with Gasteiger partial charge in [-0.15, -0.1) is 5.10 Å². The van der Waals surface area contributed by atoms with Crippen molar-refractivity contribution in [2.45, 2.75) is 19.8 Å². The minimum atomic E-state index is -0.223.